The molecular weight excluding hydrogens is 264 g/mol. The number of amides is 2. The van der Waals surface area contributed by atoms with Crippen molar-refractivity contribution in [2.24, 2.45) is 11.5 Å². The molecule has 0 heterocycles. The molecule has 0 bridgehead atoms. The van der Waals surface area contributed by atoms with E-state index in [2.05, 4.69) is 5.32 Å². The van der Waals surface area contributed by atoms with Gasteiger partial charge in [-0.25, -0.2) is 0 Å². The number of thiocarbonyl (C=S) groups is 1. The zero-order valence-electron chi connectivity index (χ0n) is 10.6. The molecule has 6 nitrogen and oxygen atoms in total. The van der Waals surface area contributed by atoms with Gasteiger partial charge < -0.3 is 16.8 Å². The molecule has 0 radical (unpaired) electrons. The Kier molecular flexibility index (Phi) is 5.40. The molecule has 0 saturated carbocycles. The maximum Gasteiger partial charge on any atom is 0.238 e. The van der Waals surface area contributed by atoms with E-state index in [0.717, 1.165) is 5.56 Å². The van der Waals surface area contributed by atoms with Crippen molar-refractivity contribution in [2.75, 3.05) is 25.5 Å². The number of anilines is 1. The largest absolute Gasteiger partial charge is 0.389 e. The van der Waals surface area contributed by atoms with Crippen molar-refractivity contribution in [1.29, 1.82) is 0 Å². The number of nitrogens with zero attached hydrogens (tertiary/aromatic N) is 1. The lowest BCUT2D eigenvalue weighted by molar-refractivity contribution is -0.120. The Morgan fingerprint density at radius 3 is 2.26 bits per heavy atom. The minimum atomic E-state index is -0.476. The van der Waals surface area contributed by atoms with Crippen LogP contribution in [0.4, 0.5) is 5.69 Å². The molecule has 7 heteroatoms. The van der Waals surface area contributed by atoms with Gasteiger partial charge >= 0.3 is 0 Å². The highest BCUT2D eigenvalue weighted by Gasteiger charge is 2.08. The predicted octanol–water partition coefficient (Wildman–Crippen LogP) is -0.324. The molecule has 1 rings (SSSR count). The van der Waals surface area contributed by atoms with Crippen LogP contribution in [0.1, 0.15) is 5.56 Å². The van der Waals surface area contributed by atoms with Crippen molar-refractivity contribution in [3.63, 3.8) is 0 Å². The number of carbonyl (C=O) groups is 2. The summed E-state index contributed by atoms with van der Waals surface area (Å²) in [5.74, 6) is -0.706. The number of carbonyl (C=O) groups excluding carboxylic acids is 2. The fourth-order valence-corrected chi connectivity index (χ4v) is 1.62. The molecule has 19 heavy (non-hydrogen) atoms. The Balaban J connectivity index is 2.52. The monoisotopic (exact) mass is 280 g/mol. The van der Waals surface area contributed by atoms with E-state index in [1.54, 1.807) is 31.3 Å². The van der Waals surface area contributed by atoms with Crippen LogP contribution in [-0.4, -0.2) is 41.8 Å². The number of nitrogens with two attached hydrogens (primary N) is 2. The number of hydrogen-bond donors (Lipinski definition) is 3. The fourth-order valence-electron chi connectivity index (χ4n) is 1.49. The molecule has 1 aromatic carbocycles. The molecule has 0 aliphatic carbocycles. The first-order valence-corrected chi connectivity index (χ1v) is 5.96. The molecule has 0 spiro atoms. The van der Waals surface area contributed by atoms with Crippen LogP contribution in [-0.2, 0) is 9.59 Å². The summed E-state index contributed by atoms with van der Waals surface area (Å²) in [5, 5.41) is 2.70. The van der Waals surface area contributed by atoms with E-state index >= 15 is 0 Å². The molecule has 0 aliphatic heterocycles. The van der Waals surface area contributed by atoms with Crippen molar-refractivity contribution >= 4 is 34.7 Å². The van der Waals surface area contributed by atoms with Gasteiger partial charge in [-0.2, -0.15) is 0 Å². The van der Waals surface area contributed by atoms with Crippen LogP contribution in [0.15, 0.2) is 24.3 Å². The second-order valence-corrected chi connectivity index (χ2v) is 4.57. The van der Waals surface area contributed by atoms with Gasteiger partial charge in [0.05, 0.1) is 13.1 Å². The standard InChI is InChI=1S/C12H16N4O2S/c1-16(6-10(13)17)7-11(18)15-9-4-2-8(3-5-9)12(14)19/h2-5H,6-7H2,1H3,(H2,13,17)(H2,14,19)(H,15,18). The molecule has 0 atom stereocenters. The lowest BCUT2D eigenvalue weighted by Crippen LogP contribution is -2.36. The van der Waals surface area contributed by atoms with E-state index in [1.807, 2.05) is 0 Å². The van der Waals surface area contributed by atoms with Gasteiger partial charge in [0.1, 0.15) is 4.99 Å². The Morgan fingerprint density at radius 1 is 1.21 bits per heavy atom. The molecule has 5 N–H and O–H groups in total. The normalized spacial score (nSPS) is 10.2. The highest BCUT2D eigenvalue weighted by atomic mass is 32.1. The van der Waals surface area contributed by atoms with Gasteiger partial charge in [-0.05, 0) is 31.3 Å². The van der Waals surface area contributed by atoms with Crippen molar-refractivity contribution in [3.8, 4) is 0 Å². The van der Waals surface area contributed by atoms with Crippen molar-refractivity contribution in [3.05, 3.63) is 29.8 Å². The average Bonchev–Trinajstić information content (AvgIpc) is 2.27. The van der Waals surface area contributed by atoms with Crippen LogP contribution in [0.2, 0.25) is 0 Å². The van der Waals surface area contributed by atoms with Gasteiger partial charge in [-0.15, -0.1) is 0 Å². The fraction of sp³-hybridized carbons (Fsp3) is 0.250. The lowest BCUT2D eigenvalue weighted by atomic mass is 10.2. The smallest absolute Gasteiger partial charge is 0.238 e. The van der Waals surface area contributed by atoms with Gasteiger partial charge in [0, 0.05) is 11.3 Å². The summed E-state index contributed by atoms with van der Waals surface area (Å²) in [6.45, 7) is 0.119. The third-order valence-corrected chi connectivity index (χ3v) is 2.53. The van der Waals surface area contributed by atoms with Gasteiger partial charge in [0.2, 0.25) is 11.8 Å². The Morgan fingerprint density at radius 2 is 1.79 bits per heavy atom. The molecule has 1 aromatic rings. The van der Waals surface area contributed by atoms with Crippen molar-refractivity contribution in [1.82, 2.24) is 4.90 Å². The van der Waals surface area contributed by atoms with Crippen LogP contribution in [0.3, 0.4) is 0 Å². The highest BCUT2D eigenvalue weighted by molar-refractivity contribution is 7.80. The number of rotatable bonds is 6. The quantitative estimate of drug-likeness (QED) is 0.620. The summed E-state index contributed by atoms with van der Waals surface area (Å²) in [4.78, 5) is 24.2. The highest BCUT2D eigenvalue weighted by Crippen LogP contribution is 2.09. The van der Waals surface area contributed by atoms with Crippen LogP contribution < -0.4 is 16.8 Å². The lowest BCUT2D eigenvalue weighted by Gasteiger charge is -2.14. The maximum atomic E-state index is 11.7. The molecule has 0 saturated heterocycles. The molecule has 2 amide bonds. The molecular formula is C12H16N4O2S. The number of nitrogens with one attached hydrogen (secondary N) is 1. The van der Waals surface area contributed by atoms with Crippen LogP contribution in [0.25, 0.3) is 0 Å². The topological polar surface area (TPSA) is 101 Å². The molecule has 0 fully saturated rings. The first-order chi connectivity index (χ1) is 8.88. The van der Waals surface area contributed by atoms with Crippen LogP contribution in [0.5, 0.6) is 0 Å². The SMILES string of the molecule is CN(CC(N)=O)CC(=O)Nc1ccc(C(N)=S)cc1. The van der Waals surface area contributed by atoms with E-state index in [1.165, 1.54) is 4.90 Å². The predicted molar refractivity (Wildman–Crippen MR) is 77.7 cm³/mol. The Labute approximate surface area is 116 Å². The minimum Gasteiger partial charge on any atom is -0.389 e. The zero-order chi connectivity index (χ0) is 14.4. The van der Waals surface area contributed by atoms with Crippen molar-refractivity contribution < 1.29 is 9.59 Å². The second-order valence-electron chi connectivity index (χ2n) is 4.13. The first kappa shape index (κ1) is 15.1. The molecule has 0 unspecified atom stereocenters. The van der Waals surface area contributed by atoms with Crippen LogP contribution >= 0.6 is 12.2 Å². The summed E-state index contributed by atoms with van der Waals surface area (Å²) in [6, 6.07) is 6.87. The molecule has 102 valence electrons. The summed E-state index contributed by atoms with van der Waals surface area (Å²) in [6.07, 6.45) is 0. The third-order valence-electron chi connectivity index (χ3n) is 2.29. The number of primary amides is 1. The van der Waals surface area contributed by atoms with E-state index in [9.17, 15) is 9.59 Å². The summed E-state index contributed by atoms with van der Waals surface area (Å²) in [7, 11) is 1.64. The third kappa shape index (κ3) is 5.45. The van der Waals surface area contributed by atoms with Gasteiger partial charge in [0.15, 0.2) is 0 Å². The Hall–Kier alpha value is -1.99. The first-order valence-electron chi connectivity index (χ1n) is 5.55. The maximum absolute atomic E-state index is 11.7. The summed E-state index contributed by atoms with van der Waals surface area (Å²) in [5.41, 5.74) is 11.9. The van der Waals surface area contributed by atoms with Gasteiger partial charge in [-0.1, -0.05) is 12.2 Å². The summed E-state index contributed by atoms with van der Waals surface area (Å²) >= 11 is 4.83. The zero-order valence-corrected chi connectivity index (χ0v) is 11.4. The van der Waals surface area contributed by atoms with Crippen molar-refractivity contribution in [2.45, 2.75) is 0 Å². The molecule has 0 aromatic heterocycles. The number of hydrogen-bond acceptors (Lipinski definition) is 4. The van der Waals surface area contributed by atoms with Gasteiger partial charge in [-0.3, -0.25) is 14.5 Å². The van der Waals surface area contributed by atoms with Gasteiger partial charge in [0.25, 0.3) is 0 Å². The number of likely N-dealkylation sites (N-methyl/N-ethyl adjacent to an activating group) is 1. The summed E-state index contributed by atoms with van der Waals surface area (Å²) < 4.78 is 0. The second kappa shape index (κ2) is 6.81. The minimum absolute atomic E-state index is 0.0355. The Bertz CT molecular complexity index is 487. The average molecular weight is 280 g/mol. The van der Waals surface area contributed by atoms with Crippen LogP contribution in [0, 0.1) is 0 Å². The van der Waals surface area contributed by atoms with E-state index in [0.29, 0.717) is 10.7 Å². The van der Waals surface area contributed by atoms with E-state index < -0.39 is 5.91 Å². The molecule has 0 aliphatic rings. The van der Waals surface area contributed by atoms with E-state index in [-0.39, 0.29) is 19.0 Å². The number of benzene rings is 1. The van der Waals surface area contributed by atoms with E-state index in [4.69, 9.17) is 23.7 Å².